The fraction of sp³-hybridized carbons (Fsp3) is 0.0833. The molecular weight excluding hydrogens is 310 g/mol. The fourth-order valence-corrected chi connectivity index (χ4v) is 1.87. The molecule has 2 rings (SSSR count). The van der Waals surface area contributed by atoms with E-state index in [1.807, 2.05) is 0 Å². The smallest absolute Gasteiger partial charge is 0.313 e. The predicted molar refractivity (Wildman–Crippen MR) is 71.6 cm³/mol. The Kier molecular flexibility index (Phi) is 4.36. The van der Waals surface area contributed by atoms with Gasteiger partial charge in [0.05, 0.1) is 16.0 Å². The van der Waals surface area contributed by atoms with Crippen LogP contribution in [0.25, 0.3) is 0 Å². The van der Waals surface area contributed by atoms with Gasteiger partial charge in [0.1, 0.15) is 17.6 Å². The Morgan fingerprint density at radius 1 is 1.35 bits per heavy atom. The van der Waals surface area contributed by atoms with Crippen molar-refractivity contribution in [2.45, 2.75) is 6.61 Å². The summed E-state index contributed by atoms with van der Waals surface area (Å²) < 4.78 is 18.3. The molecule has 20 heavy (non-hydrogen) atoms. The van der Waals surface area contributed by atoms with Crippen molar-refractivity contribution >= 4 is 28.9 Å². The number of hydrogen-bond acceptors (Lipinski definition) is 4. The SMILES string of the molecule is O=[N+]([O-])c1cc(F)ccc1OCc1cnc(Cl)cc1Cl. The van der Waals surface area contributed by atoms with Crippen LogP contribution in [0.1, 0.15) is 5.56 Å². The summed E-state index contributed by atoms with van der Waals surface area (Å²) in [6.07, 6.45) is 1.40. The molecular formula is C12H7Cl2FN2O3. The van der Waals surface area contributed by atoms with Crippen LogP contribution >= 0.6 is 23.2 Å². The molecule has 0 saturated heterocycles. The Morgan fingerprint density at radius 3 is 2.75 bits per heavy atom. The Morgan fingerprint density at radius 2 is 2.10 bits per heavy atom. The summed E-state index contributed by atoms with van der Waals surface area (Å²) in [7, 11) is 0. The standard InChI is InChI=1S/C12H7Cl2FN2O3/c13-9-4-12(14)16-5-7(9)6-20-11-2-1-8(15)3-10(11)17(18)19/h1-5H,6H2. The molecule has 0 fully saturated rings. The van der Waals surface area contributed by atoms with Crippen LogP contribution in [0, 0.1) is 15.9 Å². The predicted octanol–water partition coefficient (Wildman–Crippen LogP) is 4.01. The molecule has 5 nitrogen and oxygen atoms in total. The Hall–Kier alpha value is -1.92. The lowest BCUT2D eigenvalue weighted by Crippen LogP contribution is -2.00. The number of rotatable bonds is 4. The first-order valence-corrected chi connectivity index (χ1v) is 6.09. The van der Waals surface area contributed by atoms with Gasteiger partial charge in [-0.1, -0.05) is 23.2 Å². The number of nitrogens with zero attached hydrogens (tertiary/aromatic N) is 2. The molecule has 8 heteroatoms. The summed E-state index contributed by atoms with van der Waals surface area (Å²) in [4.78, 5) is 13.9. The first-order chi connectivity index (χ1) is 9.47. The Balaban J connectivity index is 2.20. The monoisotopic (exact) mass is 316 g/mol. The average molecular weight is 317 g/mol. The van der Waals surface area contributed by atoms with Gasteiger partial charge in [0, 0.05) is 11.8 Å². The maximum absolute atomic E-state index is 13.0. The minimum absolute atomic E-state index is 0.0462. The highest BCUT2D eigenvalue weighted by Gasteiger charge is 2.16. The lowest BCUT2D eigenvalue weighted by atomic mass is 10.2. The number of ether oxygens (including phenoxy) is 1. The van der Waals surface area contributed by atoms with E-state index in [1.54, 1.807) is 0 Å². The topological polar surface area (TPSA) is 65.3 Å². The third-order valence-electron chi connectivity index (χ3n) is 2.40. The summed E-state index contributed by atoms with van der Waals surface area (Å²) in [6.45, 7) is -0.0462. The molecule has 0 spiro atoms. The lowest BCUT2D eigenvalue weighted by molar-refractivity contribution is -0.386. The third-order valence-corrected chi connectivity index (χ3v) is 2.96. The number of hydrogen-bond donors (Lipinski definition) is 0. The van der Waals surface area contributed by atoms with Crippen LogP contribution in [0.3, 0.4) is 0 Å². The van der Waals surface area contributed by atoms with Crippen LogP contribution in [-0.2, 0) is 6.61 Å². The molecule has 0 aliphatic heterocycles. The van der Waals surface area contributed by atoms with Crippen molar-refractivity contribution in [3.05, 3.63) is 62.1 Å². The van der Waals surface area contributed by atoms with Crippen LogP contribution in [-0.4, -0.2) is 9.91 Å². The van der Waals surface area contributed by atoms with Gasteiger partial charge in [-0.3, -0.25) is 10.1 Å². The van der Waals surface area contributed by atoms with E-state index in [1.165, 1.54) is 18.3 Å². The zero-order valence-electron chi connectivity index (χ0n) is 9.85. The van der Waals surface area contributed by atoms with Crippen molar-refractivity contribution in [1.82, 2.24) is 4.98 Å². The van der Waals surface area contributed by atoms with Gasteiger partial charge in [0.15, 0.2) is 5.75 Å². The lowest BCUT2D eigenvalue weighted by Gasteiger charge is -2.08. The van der Waals surface area contributed by atoms with Gasteiger partial charge < -0.3 is 4.74 Å². The minimum Gasteiger partial charge on any atom is -0.482 e. The number of halogens is 3. The van der Waals surface area contributed by atoms with Crippen molar-refractivity contribution in [3.8, 4) is 5.75 Å². The van der Waals surface area contributed by atoms with E-state index < -0.39 is 16.4 Å². The van der Waals surface area contributed by atoms with E-state index in [9.17, 15) is 14.5 Å². The van der Waals surface area contributed by atoms with E-state index >= 15 is 0 Å². The maximum atomic E-state index is 13.0. The van der Waals surface area contributed by atoms with Gasteiger partial charge in [-0.15, -0.1) is 0 Å². The van der Waals surface area contributed by atoms with Crippen molar-refractivity contribution in [1.29, 1.82) is 0 Å². The molecule has 0 amide bonds. The average Bonchev–Trinajstić information content (AvgIpc) is 2.38. The summed E-state index contributed by atoms with van der Waals surface area (Å²) in [5, 5.41) is 11.4. The van der Waals surface area contributed by atoms with Crippen LogP contribution in [0.4, 0.5) is 10.1 Å². The van der Waals surface area contributed by atoms with E-state index in [4.69, 9.17) is 27.9 Å². The zero-order valence-corrected chi connectivity index (χ0v) is 11.4. The van der Waals surface area contributed by atoms with Crippen molar-refractivity contribution < 1.29 is 14.1 Å². The van der Waals surface area contributed by atoms with Crippen LogP contribution in [0.2, 0.25) is 10.2 Å². The highest BCUT2D eigenvalue weighted by atomic mass is 35.5. The highest BCUT2D eigenvalue weighted by molar-refractivity contribution is 6.34. The number of nitro benzene ring substituents is 1. The summed E-state index contributed by atoms with van der Waals surface area (Å²) in [6, 6.07) is 4.48. The molecule has 0 aliphatic rings. The van der Waals surface area contributed by atoms with Crippen molar-refractivity contribution in [2.24, 2.45) is 0 Å². The molecule has 1 aromatic carbocycles. The van der Waals surface area contributed by atoms with Gasteiger partial charge in [-0.2, -0.15) is 0 Å². The largest absolute Gasteiger partial charge is 0.482 e. The minimum atomic E-state index is -0.722. The molecule has 0 bridgehead atoms. The van der Waals surface area contributed by atoms with Gasteiger partial charge in [0.25, 0.3) is 0 Å². The molecule has 0 N–H and O–H groups in total. The van der Waals surface area contributed by atoms with Gasteiger partial charge in [-0.25, -0.2) is 9.37 Å². The van der Waals surface area contributed by atoms with Crippen LogP contribution < -0.4 is 4.74 Å². The number of nitro groups is 1. The molecule has 1 aromatic heterocycles. The Bertz CT molecular complexity index is 667. The quantitative estimate of drug-likeness (QED) is 0.485. The number of aromatic nitrogens is 1. The number of pyridine rings is 1. The summed E-state index contributed by atoms with van der Waals surface area (Å²) in [5.41, 5.74) is 0.0535. The number of benzene rings is 1. The van der Waals surface area contributed by atoms with Crippen LogP contribution in [0.15, 0.2) is 30.5 Å². The molecule has 0 saturated carbocycles. The Labute approximate surface area is 123 Å². The second kappa shape index (κ2) is 6.02. The molecule has 0 aliphatic carbocycles. The molecule has 2 aromatic rings. The van der Waals surface area contributed by atoms with Gasteiger partial charge in [-0.05, 0) is 18.2 Å². The summed E-state index contributed by atoms with van der Waals surface area (Å²) in [5.74, 6) is -0.766. The van der Waals surface area contributed by atoms with Crippen molar-refractivity contribution in [2.75, 3.05) is 0 Å². The molecule has 0 radical (unpaired) electrons. The first-order valence-electron chi connectivity index (χ1n) is 5.34. The second-order valence-corrected chi connectivity index (χ2v) is 4.55. The highest BCUT2D eigenvalue weighted by Crippen LogP contribution is 2.29. The van der Waals surface area contributed by atoms with Gasteiger partial charge >= 0.3 is 5.69 Å². The third kappa shape index (κ3) is 3.34. The van der Waals surface area contributed by atoms with Gasteiger partial charge in [0.2, 0.25) is 0 Å². The van der Waals surface area contributed by atoms with E-state index in [-0.39, 0.29) is 17.5 Å². The molecule has 0 atom stereocenters. The zero-order chi connectivity index (χ0) is 14.7. The molecule has 0 unspecified atom stereocenters. The van der Waals surface area contributed by atoms with E-state index in [0.29, 0.717) is 10.6 Å². The fourth-order valence-electron chi connectivity index (χ4n) is 1.45. The van der Waals surface area contributed by atoms with E-state index in [2.05, 4.69) is 4.98 Å². The molecule has 1 heterocycles. The first kappa shape index (κ1) is 14.5. The van der Waals surface area contributed by atoms with Crippen LogP contribution in [0.5, 0.6) is 5.75 Å². The maximum Gasteiger partial charge on any atom is 0.313 e. The van der Waals surface area contributed by atoms with Crippen molar-refractivity contribution in [3.63, 3.8) is 0 Å². The normalized spacial score (nSPS) is 10.3. The molecule has 104 valence electrons. The second-order valence-electron chi connectivity index (χ2n) is 3.76. The van der Waals surface area contributed by atoms with E-state index in [0.717, 1.165) is 12.1 Å². The summed E-state index contributed by atoms with van der Waals surface area (Å²) >= 11 is 11.6.